The minimum atomic E-state index is -0.973. The third-order valence-electron chi connectivity index (χ3n) is 1.99. The van der Waals surface area contributed by atoms with Gasteiger partial charge in [0.25, 0.3) is 0 Å². The number of rotatable bonds is 5. The Morgan fingerprint density at radius 3 is 2.21 bits per heavy atom. The molecule has 0 saturated carbocycles. The second-order valence-electron chi connectivity index (χ2n) is 3.16. The third-order valence-corrected chi connectivity index (χ3v) is 3.43. The molecule has 0 aromatic carbocycles. The Labute approximate surface area is 86.1 Å². The lowest BCUT2D eigenvalue weighted by Crippen LogP contribution is -2.39. The standard InChI is InChI=1S/C8H13NO4S/c10-7(11)4-9(5-8(12)13)6-2-1-3-14-6/h6H,1-5H2,(H,10,11)(H,12,13). The molecule has 0 radical (unpaired) electrons. The molecule has 0 bridgehead atoms. The van der Waals surface area contributed by atoms with Gasteiger partial charge in [0.05, 0.1) is 18.5 Å². The first-order valence-corrected chi connectivity index (χ1v) is 5.43. The molecule has 1 unspecified atom stereocenters. The van der Waals surface area contributed by atoms with Crippen LogP contribution in [-0.2, 0) is 9.59 Å². The van der Waals surface area contributed by atoms with Gasteiger partial charge in [-0.3, -0.25) is 14.5 Å². The van der Waals surface area contributed by atoms with E-state index in [1.54, 1.807) is 11.8 Å². The van der Waals surface area contributed by atoms with Gasteiger partial charge in [-0.25, -0.2) is 0 Å². The molecule has 6 heteroatoms. The highest BCUT2D eigenvalue weighted by Crippen LogP contribution is 2.28. The van der Waals surface area contributed by atoms with Crippen molar-refractivity contribution in [2.75, 3.05) is 18.8 Å². The highest BCUT2D eigenvalue weighted by molar-refractivity contribution is 8.00. The topological polar surface area (TPSA) is 77.8 Å². The quantitative estimate of drug-likeness (QED) is 0.693. The SMILES string of the molecule is O=C(O)CN(CC(=O)O)C1CCCS1. The van der Waals surface area contributed by atoms with Gasteiger partial charge in [0.15, 0.2) is 0 Å². The van der Waals surface area contributed by atoms with Gasteiger partial charge in [-0.1, -0.05) is 0 Å². The zero-order valence-corrected chi connectivity index (χ0v) is 8.50. The summed E-state index contributed by atoms with van der Waals surface area (Å²) in [7, 11) is 0. The normalized spacial score (nSPS) is 21.4. The van der Waals surface area contributed by atoms with Crippen LogP contribution in [0.15, 0.2) is 0 Å². The predicted molar refractivity (Wildman–Crippen MR) is 52.3 cm³/mol. The molecular formula is C8H13NO4S. The van der Waals surface area contributed by atoms with Crippen molar-refractivity contribution in [1.29, 1.82) is 0 Å². The molecular weight excluding hydrogens is 206 g/mol. The van der Waals surface area contributed by atoms with E-state index in [2.05, 4.69) is 0 Å². The fraction of sp³-hybridized carbons (Fsp3) is 0.750. The largest absolute Gasteiger partial charge is 0.480 e. The Hall–Kier alpha value is -0.750. The molecule has 1 aliphatic rings. The average molecular weight is 219 g/mol. The molecule has 14 heavy (non-hydrogen) atoms. The monoisotopic (exact) mass is 219 g/mol. The van der Waals surface area contributed by atoms with Crippen LogP contribution in [0.4, 0.5) is 0 Å². The lowest BCUT2D eigenvalue weighted by atomic mass is 10.3. The van der Waals surface area contributed by atoms with Crippen molar-refractivity contribution in [1.82, 2.24) is 4.90 Å². The van der Waals surface area contributed by atoms with Gasteiger partial charge < -0.3 is 10.2 Å². The van der Waals surface area contributed by atoms with Crippen molar-refractivity contribution in [2.24, 2.45) is 0 Å². The zero-order chi connectivity index (χ0) is 10.6. The van der Waals surface area contributed by atoms with E-state index in [1.165, 1.54) is 4.90 Å². The minimum absolute atomic E-state index is 0.0576. The minimum Gasteiger partial charge on any atom is -0.480 e. The van der Waals surface area contributed by atoms with Crippen LogP contribution in [0.25, 0.3) is 0 Å². The van der Waals surface area contributed by atoms with Crippen molar-refractivity contribution in [3.05, 3.63) is 0 Å². The molecule has 0 amide bonds. The van der Waals surface area contributed by atoms with E-state index in [-0.39, 0.29) is 18.5 Å². The average Bonchev–Trinajstić information content (AvgIpc) is 2.52. The highest BCUT2D eigenvalue weighted by Gasteiger charge is 2.26. The van der Waals surface area contributed by atoms with E-state index < -0.39 is 11.9 Å². The van der Waals surface area contributed by atoms with E-state index in [9.17, 15) is 9.59 Å². The summed E-state index contributed by atoms with van der Waals surface area (Å²) in [5, 5.41) is 17.3. The number of nitrogens with zero attached hydrogens (tertiary/aromatic N) is 1. The molecule has 2 N–H and O–H groups in total. The summed E-state index contributed by atoms with van der Waals surface area (Å²) >= 11 is 1.63. The molecule has 0 spiro atoms. The van der Waals surface area contributed by atoms with Crippen molar-refractivity contribution >= 4 is 23.7 Å². The zero-order valence-electron chi connectivity index (χ0n) is 7.68. The summed E-state index contributed by atoms with van der Waals surface area (Å²) in [6.07, 6.45) is 1.91. The molecule has 1 atom stereocenters. The van der Waals surface area contributed by atoms with Crippen molar-refractivity contribution in [3.8, 4) is 0 Å². The fourth-order valence-corrected chi connectivity index (χ4v) is 2.75. The molecule has 1 saturated heterocycles. The molecule has 80 valence electrons. The van der Waals surface area contributed by atoms with Crippen LogP contribution >= 0.6 is 11.8 Å². The number of carbonyl (C=O) groups is 2. The van der Waals surface area contributed by atoms with Gasteiger partial charge in [-0.2, -0.15) is 0 Å². The number of carboxylic acids is 2. The van der Waals surface area contributed by atoms with Gasteiger partial charge in [0.1, 0.15) is 0 Å². The van der Waals surface area contributed by atoms with E-state index in [0.717, 1.165) is 18.6 Å². The molecule has 1 fully saturated rings. The second kappa shape index (κ2) is 5.21. The molecule has 0 aromatic heterocycles. The molecule has 5 nitrogen and oxygen atoms in total. The molecule has 1 heterocycles. The molecule has 1 aliphatic heterocycles. The number of aliphatic carboxylic acids is 2. The van der Waals surface area contributed by atoms with Gasteiger partial charge in [0.2, 0.25) is 0 Å². The van der Waals surface area contributed by atoms with Crippen LogP contribution < -0.4 is 0 Å². The Balaban J connectivity index is 2.50. The number of hydrogen-bond donors (Lipinski definition) is 2. The summed E-state index contributed by atoms with van der Waals surface area (Å²) in [5.41, 5.74) is 0. The van der Waals surface area contributed by atoms with Crippen LogP contribution in [0.5, 0.6) is 0 Å². The van der Waals surface area contributed by atoms with Crippen LogP contribution in [0.1, 0.15) is 12.8 Å². The number of hydrogen-bond acceptors (Lipinski definition) is 4. The van der Waals surface area contributed by atoms with Gasteiger partial charge in [-0.15, -0.1) is 11.8 Å². The van der Waals surface area contributed by atoms with E-state index in [0.29, 0.717) is 0 Å². The lowest BCUT2D eigenvalue weighted by molar-refractivity contribution is -0.142. The maximum Gasteiger partial charge on any atom is 0.317 e. The summed E-state index contributed by atoms with van der Waals surface area (Å²) in [6, 6.07) is 0. The first-order chi connectivity index (χ1) is 6.59. The maximum atomic E-state index is 10.5. The van der Waals surface area contributed by atoms with Crippen LogP contribution in [0, 0.1) is 0 Å². The predicted octanol–water partition coefficient (Wildman–Crippen LogP) is 0.311. The fourth-order valence-electron chi connectivity index (χ4n) is 1.46. The summed E-state index contributed by atoms with van der Waals surface area (Å²) < 4.78 is 0. The molecule has 0 aromatic rings. The van der Waals surface area contributed by atoms with Crippen LogP contribution in [0.3, 0.4) is 0 Å². The van der Waals surface area contributed by atoms with Gasteiger partial charge >= 0.3 is 11.9 Å². The maximum absolute atomic E-state index is 10.5. The summed E-state index contributed by atoms with van der Waals surface area (Å²) in [4.78, 5) is 22.5. The summed E-state index contributed by atoms with van der Waals surface area (Å²) in [6.45, 7) is -0.381. The van der Waals surface area contributed by atoms with Crippen LogP contribution in [-0.4, -0.2) is 51.3 Å². The Bertz CT molecular complexity index is 211. The van der Waals surface area contributed by atoms with E-state index in [1.807, 2.05) is 0 Å². The number of thioether (sulfide) groups is 1. The van der Waals surface area contributed by atoms with Crippen molar-refractivity contribution in [2.45, 2.75) is 18.2 Å². The molecule has 0 aliphatic carbocycles. The van der Waals surface area contributed by atoms with Crippen molar-refractivity contribution in [3.63, 3.8) is 0 Å². The van der Waals surface area contributed by atoms with Crippen LogP contribution in [0.2, 0.25) is 0 Å². The van der Waals surface area contributed by atoms with Gasteiger partial charge in [0, 0.05) is 0 Å². The summed E-state index contributed by atoms with van der Waals surface area (Å²) in [5.74, 6) is -0.960. The second-order valence-corrected chi connectivity index (χ2v) is 4.45. The van der Waals surface area contributed by atoms with Crippen molar-refractivity contribution < 1.29 is 19.8 Å². The van der Waals surface area contributed by atoms with Gasteiger partial charge in [-0.05, 0) is 18.6 Å². The Morgan fingerprint density at radius 1 is 1.29 bits per heavy atom. The third kappa shape index (κ3) is 3.55. The first-order valence-electron chi connectivity index (χ1n) is 4.39. The first kappa shape index (κ1) is 11.3. The Kier molecular flexibility index (Phi) is 4.21. The highest BCUT2D eigenvalue weighted by atomic mass is 32.2. The lowest BCUT2D eigenvalue weighted by Gasteiger charge is -2.24. The molecule has 1 rings (SSSR count). The van der Waals surface area contributed by atoms with E-state index >= 15 is 0 Å². The Morgan fingerprint density at radius 2 is 1.86 bits per heavy atom. The number of carboxylic acid groups (broad SMARTS) is 2. The smallest absolute Gasteiger partial charge is 0.317 e. The van der Waals surface area contributed by atoms with E-state index in [4.69, 9.17) is 10.2 Å².